The maximum Gasteiger partial charge on any atom is 0.227 e. The highest BCUT2D eigenvalue weighted by molar-refractivity contribution is 5.81. The number of likely N-dealkylation sites (tertiary alicyclic amines) is 1. The van der Waals surface area contributed by atoms with Crippen LogP contribution in [0.4, 0.5) is 0 Å². The summed E-state index contributed by atoms with van der Waals surface area (Å²) >= 11 is 0. The molecule has 1 aromatic rings. The zero-order valence-corrected chi connectivity index (χ0v) is 14.4. The fourth-order valence-electron chi connectivity index (χ4n) is 3.51. The van der Waals surface area contributed by atoms with Crippen LogP contribution in [0.1, 0.15) is 40.0 Å². The second-order valence-electron chi connectivity index (χ2n) is 7.79. The van der Waals surface area contributed by atoms with Gasteiger partial charge in [0.1, 0.15) is 11.9 Å². The molecule has 1 atom stereocenters. The van der Waals surface area contributed by atoms with E-state index in [9.17, 15) is 4.79 Å². The largest absolute Gasteiger partial charge is 0.488 e. The van der Waals surface area contributed by atoms with E-state index in [0.29, 0.717) is 6.61 Å². The number of amides is 1. The topological polar surface area (TPSA) is 38.8 Å². The minimum Gasteiger partial charge on any atom is -0.488 e. The third kappa shape index (κ3) is 3.69. The van der Waals surface area contributed by atoms with E-state index in [2.05, 4.69) is 0 Å². The Morgan fingerprint density at radius 3 is 2.48 bits per heavy atom. The maximum atomic E-state index is 12.4. The lowest BCUT2D eigenvalue weighted by Gasteiger charge is -2.40. The van der Waals surface area contributed by atoms with Crippen molar-refractivity contribution in [2.75, 3.05) is 19.7 Å². The molecule has 0 N–H and O–H groups in total. The molecule has 4 nitrogen and oxygen atoms in total. The molecule has 2 fully saturated rings. The molecule has 2 heterocycles. The number of ether oxygens (including phenoxy) is 2. The van der Waals surface area contributed by atoms with Gasteiger partial charge in [-0.05, 0) is 25.0 Å². The highest BCUT2D eigenvalue weighted by Gasteiger charge is 2.45. The molecule has 1 spiro atoms. The van der Waals surface area contributed by atoms with Gasteiger partial charge in [0.05, 0.1) is 12.2 Å². The number of benzene rings is 1. The van der Waals surface area contributed by atoms with Gasteiger partial charge in [0.2, 0.25) is 5.91 Å². The number of carbonyl (C=O) groups is 1. The zero-order chi connectivity index (χ0) is 16.5. The van der Waals surface area contributed by atoms with Crippen LogP contribution in [0.15, 0.2) is 30.3 Å². The standard InChI is InChI=1S/C19H27NO3/c1-18(2,3)17(21)20-11-9-19(10-12-20)13-16(14-22-19)23-15-7-5-4-6-8-15/h4-8,16H,9-14H2,1-3H3. The second-order valence-corrected chi connectivity index (χ2v) is 7.79. The lowest BCUT2D eigenvalue weighted by atomic mass is 9.86. The summed E-state index contributed by atoms with van der Waals surface area (Å²) in [5.41, 5.74) is -0.409. The van der Waals surface area contributed by atoms with Crippen molar-refractivity contribution in [2.45, 2.75) is 51.7 Å². The van der Waals surface area contributed by atoms with Crippen LogP contribution < -0.4 is 4.74 Å². The van der Waals surface area contributed by atoms with Gasteiger partial charge in [-0.25, -0.2) is 0 Å². The van der Waals surface area contributed by atoms with Gasteiger partial charge in [-0.2, -0.15) is 0 Å². The van der Waals surface area contributed by atoms with Crippen LogP contribution >= 0.6 is 0 Å². The predicted octanol–water partition coefficient (Wildman–Crippen LogP) is 3.26. The quantitative estimate of drug-likeness (QED) is 0.840. The van der Waals surface area contributed by atoms with Gasteiger partial charge in [0, 0.05) is 24.9 Å². The Kier molecular flexibility index (Phi) is 4.37. The van der Waals surface area contributed by atoms with Crippen molar-refractivity contribution < 1.29 is 14.3 Å². The smallest absolute Gasteiger partial charge is 0.227 e. The number of para-hydroxylation sites is 1. The summed E-state index contributed by atoms with van der Waals surface area (Å²) in [4.78, 5) is 14.4. The number of hydrogen-bond donors (Lipinski definition) is 0. The molecule has 0 aliphatic carbocycles. The Hall–Kier alpha value is -1.55. The van der Waals surface area contributed by atoms with Crippen LogP contribution in [0.3, 0.4) is 0 Å². The normalized spacial score (nSPS) is 24.0. The fraction of sp³-hybridized carbons (Fsp3) is 0.632. The van der Waals surface area contributed by atoms with Crippen molar-refractivity contribution in [2.24, 2.45) is 5.41 Å². The molecular formula is C19H27NO3. The van der Waals surface area contributed by atoms with Crippen molar-refractivity contribution >= 4 is 5.91 Å². The SMILES string of the molecule is CC(C)(C)C(=O)N1CCC2(CC1)CC(Oc1ccccc1)CO2. The van der Waals surface area contributed by atoms with Crippen LogP contribution in [-0.4, -0.2) is 42.2 Å². The van der Waals surface area contributed by atoms with Crippen LogP contribution in [0.2, 0.25) is 0 Å². The molecule has 0 aromatic heterocycles. The predicted molar refractivity (Wildman–Crippen MR) is 89.4 cm³/mol. The monoisotopic (exact) mass is 317 g/mol. The van der Waals surface area contributed by atoms with Crippen LogP contribution in [0.5, 0.6) is 5.75 Å². The second kappa shape index (κ2) is 6.16. The third-order valence-electron chi connectivity index (χ3n) is 4.82. The maximum absolute atomic E-state index is 12.4. The van der Waals surface area contributed by atoms with Gasteiger partial charge < -0.3 is 14.4 Å². The molecule has 23 heavy (non-hydrogen) atoms. The van der Waals surface area contributed by atoms with E-state index in [-0.39, 0.29) is 23.0 Å². The van der Waals surface area contributed by atoms with E-state index in [1.54, 1.807) is 0 Å². The molecule has 0 bridgehead atoms. The number of carbonyl (C=O) groups excluding carboxylic acids is 1. The van der Waals surface area contributed by atoms with Gasteiger partial charge >= 0.3 is 0 Å². The third-order valence-corrected chi connectivity index (χ3v) is 4.82. The van der Waals surface area contributed by atoms with Gasteiger partial charge in [-0.1, -0.05) is 39.0 Å². The molecule has 0 radical (unpaired) electrons. The minimum absolute atomic E-state index is 0.103. The molecule has 2 aliphatic heterocycles. The zero-order valence-electron chi connectivity index (χ0n) is 14.4. The Bertz CT molecular complexity index is 541. The summed E-state index contributed by atoms with van der Waals surface area (Å²) in [5.74, 6) is 1.14. The summed E-state index contributed by atoms with van der Waals surface area (Å²) < 4.78 is 12.1. The molecule has 1 aromatic carbocycles. The molecule has 4 heteroatoms. The van der Waals surface area contributed by atoms with Crippen molar-refractivity contribution in [1.29, 1.82) is 0 Å². The van der Waals surface area contributed by atoms with E-state index in [1.165, 1.54) is 0 Å². The molecule has 1 amide bonds. The first-order chi connectivity index (χ1) is 10.9. The summed E-state index contributed by atoms with van der Waals surface area (Å²) in [6.07, 6.45) is 2.84. The Morgan fingerprint density at radius 2 is 1.87 bits per heavy atom. The number of hydrogen-bond acceptors (Lipinski definition) is 3. The summed E-state index contributed by atoms with van der Waals surface area (Å²) in [6, 6.07) is 9.92. The first-order valence-electron chi connectivity index (χ1n) is 8.53. The fourth-order valence-corrected chi connectivity index (χ4v) is 3.51. The Balaban J connectivity index is 1.54. The first kappa shape index (κ1) is 16.3. The first-order valence-corrected chi connectivity index (χ1v) is 8.53. The molecular weight excluding hydrogens is 290 g/mol. The van der Waals surface area contributed by atoms with Crippen molar-refractivity contribution in [3.8, 4) is 5.75 Å². The Labute approximate surface area is 138 Å². The number of nitrogens with zero attached hydrogens (tertiary/aromatic N) is 1. The summed E-state index contributed by atoms with van der Waals surface area (Å²) in [6.45, 7) is 8.16. The summed E-state index contributed by atoms with van der Waals surface area (Å²) in [5, 5.41) is 0. The Morgan fingerprint density at radius 1 is 1.22 bits per heavy atom. The molecule has 1 unspecified atom stereocenters. The average molecular weight is 317 g/mol. The van der Waals surface area contributed by atoms with E-state index in [0.717, 1.165) is 38.1 Å². The van der Waals surface area contributed by atoms with Gasteiger partial charge in [0.25, 0.3) is 0 Å². The molecule has 0 saturated carbocycles. The average Bonchev–Trinajstić information content (AvgIpc) is 2.90. The van der Waals surface area contributed by atoms with Gasteiger partial charge in [0.15, 0.2) is 0 Å². The van der Waals surface area contributed by atoms with E-state index < -0.39 is 0 Å². The lowest BCUT2D eigenvalue weighted by molar-refractivity contribution is -0.144. The minimum atomic E-state index is -0.306. The van der Waals surface area contributed by atoms with Crippen LogP contribution in [0, 0.1) is 5.41 Å². The number of rotatable bonds is 2. The van der Waals surface area contributed by atoms with E-state index >= 15 is 0 Å². The molecule has 2 saturated heterocycles. The van der Waals surface area contributed by atoms with Gasteiger partial charge in [-0.15, -0.1) is 0 Å². The molecule has 126 valence electrons. The van der Waals surface area contributed by atoms with E-state index in [1.807, 2.05) is 56.0 Å². The molecule has 3 rings (SSSR count). The van der Waals surface area contributed by atoms with Crippen LogP contribution in [0.25, 0.3) is 0 Å². The van der Waals surface area contributed by atoms with Gasteiger partial charge in [-0.3, -0.25) is 4.79 Å². The highest BCUT2D eigenvalue weighted by atomic mass is 16.6. The number of piperidine rings is 1. The van der Waals surface area contributed by atoms with Crippen molar-refractivity contribution in [1.82, 2.24) is 4.90 Å². The van der Waals surface area contributed by atoms with Crippen LogP contribution in [-0.2, 0) is 9.53 Å². The van der Waals surface area contributed by atoms with Crippen molar-refractivity contribution in [3.05, 3.63) is 30.3 Å². The van der Waals surface area contributed by atoms with E-state index in [4.69, 9.17) is 9.47 Å². The highest BCUT2D eigenvalue weighted by Crippen LogP contribution is 2.38. The van der Waals surface area contributed by atoms with Crippen molar-refractivity contribution in [3.63, 3.8) is 0 Å². The lowest BCUT2D eigenvalue weighted by Crippen LogP contribution is -2.49. The molecule has 2 aliphatic rings. The summed E-state index contributed by atoms with van der Waals surface area (Å²) in [7, 11) is 0.